The highest BCUT2D eigenvalue weighted by molar-refractivity contribution is 5.27. The third-order valence-electron chi connectivity index (χ3n) is 4.09. The second kappa shape index (κ2) is 5.63. The first-order valence-corrected chi connectivity index (χ1v) is 6.68. The van der Waals surface area contributed by atoms with Gasteiger partial charge in [-0.1, -0.05) is 31.4 Å². The number of benzene rings is 1. The van der Waals surface area contributed by atoms with Gasteiger partial charge in [0.2, 0.25) is 0 Å². The van der Waals surface area contributed by atoms with Crippen LogP contribution in [0.15, 0.2) is 18.2 Å². The molecule has 1 aromatic carbocycles. The summed E-state index contributed by atoms with van der Waals surface area (Å²) in [4.78, 5) is 0. The number of rotatable bonds is 2. The van der Waals surface area contributed by atoms with Gasteiger partial charge in [0, 0.05) is 0 Å². The van der Waals surface area contributed by atoms with Crippen molar-refractivity contribution >= 4 is 0 Å². The predicted octanol–water partition coefficient (Wildman–Crippen LogP) is 3.76. The van der Waals surface area contributed by atoms with E-state index in [9.17, 15) is 4.39 Å². The van der Waals surface area contributed by atoms with Crippen molar-refractivity contribution in [2.75, 3.05) is 6.54 Å². The van der Waals surface area contributed by atoms with E-state index in [4.69, 9.17) is 5.73 Å². The molecule has 2 N–H and O–H groups in total. The summed E-state index contributed by atoms with van der Waals surface area (Å²) in [5, 5.41) is 0. The van der Waals surface area contributed by atoms with Crippen LogP contribution in [0.2, 0.25) is 0 Å². The van der Waals surface area contributed by atoms with Gasteiger partial charge in [0.1, 0.15) is 5.82 Å². The van der Waals surface area contributed by atoms with E-state index >= 15 is 0 Å². The molecule has 2 heteroatoms. The lowest BCUT2D eigenvalue weighted by atomic mass is 9.82. The van der Waals surface area contributed by atoms with Crippen molar-refractivity contribution in [1.29, 1.82) is 0 Å². The van der Waals surface area contributed by atoms with Crippen molar-refractivity contribution in [1.82, 2.24) is 0 Å². The molecule has 0 heterocycles. The van der Waals surface area contributed by atoms with E-state index in [1.165, 1.54) is 25.7 Å². The Hall–Kier alpha value is -0.890. The van der Waals surface area contributed by atoms with Gasteiger partial charge in [0.05, 0.1) is 0 Å². The van der Waals surface area contributed by atoms with Crippen LogP contribution in [0.3, 0.4) is 0 Å². The lowest BCUT2D eigenvalue weighted by Crippen LogP contribution is -2.21. The summed E-state index contributed by atoms with van der Waals surface area (Å²) in [6.07, 6.45) is 6.16. The van der Waals surface area contributed by atoms with E-state index in [0.717, 1.165) is 24.1 Å². The molecule has 0 saturated heterocycles. The van der Waals surface area contributed by atoms with Crippen molar-refractivity contribution < 1.29 is 4.39 Å². The molecule has 94 valence electrons. The maximum atomic E-state index is 13.6. The zero-order chi connectivity index (χ0) is 12.3. The molecule has 2 atom stereocenters. The van der Waals surface area contributed by atoms with Crippen molar-refractivity contribution in [3.8, 4) is 0 Å². The molecule has 0 amide bonds. The Balaban J connectivity index is 2.25. The van der Waals surface area contributed by atoms with Gasteiger partial charge >= 0.3 is 0 Å². The van der Waals surface area contributed by atoms with E-state index < -0.39 is 0 Å². The van der Waals surface area contributed by atoms with Gasteiger partial charge in [-0.2, -0.15) is 0 Å². The van der Waals surface area contributed by atoms with Gasteiger partial charge in [-0.15, -0.1) is 0 Å². The molecule has 1 aromatic rings. The summed E-state index contributed by atoms with van der Waals surface area (Å²) in [7, 11) is 0. The van der Waals surface area contributed by atoms with E-state index in [2.05, 4.69) is 6.07 Å². The van der Waals surface area contributed by atoms with Crippen molar-refractivity contribution in [3.63, 3.8) is 0 Å². The fourth-order valence-corrected chi connectivity index (χ4v) is 2.95. The van der Waals surface area contributed by atoms with Gasteiger partial charge < -0.3 is 5.73 Å². The second-order valence-electron chi connectivity index (χ2n) is 5.25. The van der Waals surface area contributed by atoms with Crippen LogP contribution in [0.25, 0.3) is 0 Å². The zero-order valence-electron chi connectivity index (χ0n) is 10.6. The molecule has 0 aromatic heterocycles. The molecular formula is C15H22FN. The topological polar surface area (TPSA) is 26.0 Å². The Bertz CT molecular complexity index is 375. The third kappa shape index (κ3) is 2.86. The molecule has 0 aliphatic heterocycles. The number of aryl methyl sites for hydroxylation is 1. The third-order valence-corrected chi connectivity index (χ3v) is 4.09. The van der Waals surface area contributed by atoms with Gasteiger partial charge in [0.25, 0.3) is 0 Å². The summed E-state index contributed by atoms with van der Waals surface area (Å²) in [6, 6.07) is 5.69. The highest BCUT2D eigenvalue weighted by atomic mass is 19.1. The molecule has 2 rings (SSSR count). The molecule has 1 aliphatic carbocycles. The van der Waals surface area contributed by atoms with Crippen LogP contribution in [0.1, 0.15) is 49.1 Å². The fraction of sp³-hybridized carbons (Fsp3) is 0.600. The van der Waals surface area contributed by atoms with Crippen molar-refractivity contribution in [2.45, 2.75) is 44.9 Å². The average molecular weight is 235 g/mol. The summed E-state index contributed by atoms with van der Waals surface area (Å²) >= 11 is 0. The minimum Gasteiger partial charge on any atom is -0.330 e. The predicted molar refractivity (Wildman–Crippen MR) is 69.5 cm³/mol. The molecule has 0 spiro atoms. The summed E-state index contributed by atoms with van der Waals surface area (Å²) < 4.78 is 13.6. The second-order valence-corrected chi connectivity index (χ2v) is 5.25. The van der Waals surface area contributed by atoms with Crippen LogP contribution < -0.4 is 5.73 Å². The van der Waals surface area contributed by atoms with Crippen molar-refractivity contribution in [3.05, 3.63) is 35.1 Å². The first-order chi connectivity index (χ1) is 8.22. The van der Waals surface area contributed by atoms with Crippen LogP contribution in [0.5, 0.6) is 0 Å². The lowest BCUT2D eigenvalue weighted by Gasteiger charge is -2.24. The Morgan fingerprint density at radius 3 is 2.71 bits per heavy atom. The van der Waals surface area contributed by atoms with Gasteiger partial charge in [0.15, 0.2) is 0 Å². The van der Waals surface area contributed by atoms with Crippen molar-refractivity contribution in [2.24, 2.45) is 11.7 Å². The first kappa shape index (κ1) is 12.6. The molecular weight excluding hydrogens is 213 g/mol. The van der Waals surface area contributed by atoms with Crippen LogP contribution in [-0.4, -0.2) is 6.54 Å². The van der Waals surface area contributed by atoms with Crippen LogP contribution >= 0.6 is 0 Å². The van der Waals surface area contributed by atoms with Gasteiger partial charge in [-0.25, -0.2) is 4.39 Å². The van der Waals surface area contributed by atoms with Crippen LogP contribution in [-0.2, 0) is 0 Å². The monoisotopic (exact) mass is 235 g/mol. The molecule has 2 unspecified atom stereocenters. The van der Waals surface area contributed by atoms with Crippen LogP contribution in [0.4, 0.5) is 4.39 Å². The van der Waals surface area contributed by atoms with Crippen LogP contribution in [0, 0.1) is 18.7 Å². The normalized spacial score (nSPS) is 25.6. The number of nitrogens with two attached hydrogens (primary N) is 1. The van der Waals surface area contributed by atoms with E-state index in [0.29, 0.717) is 11.8 Å². The standard InChI is InChI=1S/C15H22FN/c1-11-7-8-12(9-15(11)16)14-6-4-2-3-5-13(14)10-17/h7-9,13-14H,2-6,10,17H2,1H3. The number of halogens is 1. The average Bonchev–Trinajstić information content (AvgIpc) is 2.57. The molecule has 17 heavy (non-hydrogen) atoms. The zero-order valence-corrected chi connectivity index (χ0v) is 10.6. The quantitative estimate of drug-likeness (QED) is 0.776. The Labute approximate surface area is 103 Å². The van der Waals surface area contributed by atoms with Gasteiger partial charge in [-0.05, 0) is 55.3 Å². The summed E-state index contributed by atoms with van der Waals surface area (Å²) in [6.45, 7) is 2.53. The highest BCUT2D eigenvalue weighted by Gasteiger charge is 2.24. The lowest BCUT2D eigenvalue weighted by molar-refractivity contribution is 0.407. The SMILES string of the molecule is Cc1ccc(C2CCCCCC2CN)cc1F. The summed E-state index contributed by atoms with van der Waals surface area (Å²) in [5.41, 5.74) is 7.75. The fourth-order valence-electron chi connectivity index (χ4n) is 2.95. The number of hydrogen-bond donors (Lipinski definition) is 1. The molecule has 1 fully saturated rings. The smallest absolute Gasteiger partial charge is 0.126 e. The largest absolute Gasteiger partial charge is 0.330 e. The van der Waals surface area contributed by atoms with E-state index in [1.807, 2.05) is 13.0 Å². The minimum absolute atomic E-state index is 0.0810. The van der Waals surface area contributed by atoms with Gasteiger partial charge in [-0.3, -0.25) is 0 Å². The first-order valence-electron chi connectivity index (χ1n) is 6.68. The maximum Gasteiger partial charge on any atom is 0.126 e. The molecule has 0 radical (unpaired) electrons. The minimum atomic E-state index is -0.0810. The Morgan fingerprint density at radius 1 is 1.24 bits per heavy atom. The number of hydrogen-bond acceptors (Lipinski definition) is 1. The molecule has 1 saturated carbocycles. The maximum absolute atomic E-state index is 13.6. The molecule has 1 nitrogen and oxygen atoms in total. The van der Waals surface area contributed by atoms with E-state index in [1.54, 1.807) is 6.07 Å². The molecule has 0 bridgehead atoms. The highest BCUT2D eigenvalue weighted by Crippen LogP contribution is 2.36. The summed E-state index contributed by atoms with van der Waals surface area (Å²) in [5.74, 6) is 0.903. The Morgan fingerprint density at radius 2 is 2.00 bits per heavy atom. The van der Waals surface area contributed by atoms with E-state index in [-0.39, 0.29) is 5.82 Å². The Kier molecular flexibility index (Phi) is 4.16. The molecule has 1 aliphatic rings.